The number of Topliss-reactive ketones (excluding diaryl/α,β-unsaturated/α-hetero) is 1. The smallest absolute Gasteiger partial charge is 0.161 e. The first-order chi connectivity index (χ1) is 6.68. The Morgan fingerprint density at radius 2 is 2.07 bits per heavy atom. The zero-order chi connectivity index (χ0) is 10.4. The van der Waals surface area contributed by atoms with Crippen LogP contribution in [0, 0.1) is 0 Å². The number of ether oxygens (including phenoxy) is 1. The third-order valence-corrected chi connectivity index (χ3v) is 1.75. The van der Waals surface area contributed by atoms with Crippen molar-refractivity contribution in [3.63, 3.8) is 0 Å². The molecule has 76 valence electrons. The highest BCUT2D eigenvalue weighted by molar-refractivity contribution is 5.75. The summed E-state index contributed by atoms with van der Waals surface area (Å²) in [4.78, 5) is 10.6. The van der Waals surface area contributed by atoms with Gasteiger partial charge in [0.1, 0.15) is 5.78 Å². The second-order valence-corrected chi connectivity index (χ2v) is 3.16. The second kappa shape index (κ2) is 5.52. The zero-order valence-electron chi connectivity index (χ0n) is 8.14. The summed E-state index contributed by atoms with van der Waals surface area (Å²) in [5, 5.41) is 9.24. The Morgan fingerprint density at radius 3 is 2.64 bits per heavy atom. The largest absolute Gasteiger partial charge is 0.368 e. The molecule has 0 aromatic heterocycles. The van der Waals surface area contributed by atoms with E-state index in [4.69, 9.17) is 4.74 Å². The Morgan fingerprint density at radius 1 is 1.43 bits per heavy atom. The van der Waals surface area contributed by atoms with Crippen LogP contribution >= 0.6 is 0 Å². The maximum absolute atomic E-state index is 10.6. The fourth-order valence-corrected chi connectivity index (χ4v) is 1.07. The fraction of sp³-hybridized carbons (Fsp3) is 0.364. The molecule has 3 nitrogen and oxygen atoms in total. The number of ketones is 1. The van der Waals surface area contributed by atoms with Gasteiger partial charge in [0.25, 0.3) is 0 Å². The molecule has 0 amide bonds. The van der Waals surface area contributed by atoms with Gasteiger partial charge in [-0.3, -0.25) is 4.79 Å². The average molecular weight is 194 g/mol. The number of hydrogen-bond acceptors (Lipinski definition) is 3. The molecule has 0 aliphatic carbocycles. The van der Waals surface area contributed by atoms with Crippen LogP contribution in [-0.2, 0) is 16.1 Å². The number of carbonyl (C=O) groups excluding carboxylic acids is 1. The predicted molar refractivity (Wildman–Crippen MR) is 52.5 cm³/mol. The lowest BCUT2D eigenvalue weighted by molar-refractivity contribution is -0.137. The van der Waals surface area contributed by atoms with E-state index in [2.05, 4.69) is 0 Å². The van der Waals surface area contributed by atoms with Crippen LogP contribution in [0.3, 0.4) is 0 Å². The highest BCUT2D eigenvalue weighted by Crippen LogP contribution is 2.04. The number of carbonyl (C=O) groups is 1. The number of aliphatic hydroxyl groups excluding tert-OH is 1. The van der Waals surface area contributed by atoms with Crippen LogP contribution in [-0.4, -0.2) is 17.2 Å². The van der Waals surface area contributed by atoms with Crippen molar-refractivity contribution in [2.75, 3.05) is 0 Å². The monoisotopic (exact) mass is 194 g/mol. The molecule has 1 atom stereocenters. The van der Waals surface area contributed by atoms with E-state index in [-0.39, 0.29) is 12.2 Å². The lowest BCUT2D eigenvalue weighted by Gasteiger charge is -2.09. The summed E-state index contributed by atoms with van der Waals surface area (Å²) in [6, 6.07) is 9.52. The summed E-state index contributed by atoms with van der Waals surface area (Å²) in [7, 11) is 0. The third kappa shape index (κ3) is 4.16. The van der Waals surface area contributed by atoms with E-state index in [1.807, 2.05) is 30.3 Å². The SMILES string of the molecule is CC(=O)CC(O)OCc1ccccc1. The van der Waals surface area contributed by atoms with E-state index in [1.165, 1.54) is 6.92 Å². The van der Waals surface area contributed by atoms with Crippen molar-refractivity contribution in [3.8, 4) is 0 Å². The van der Waals surface area contributed by atoms with Crippen molar-refractivity contribution in [2.24, 2.45) is 0 Å². The van der Waals surface area contributed by atoms with Crippen LogP contribution in [0.15, 0.2) is 30.3 Å². The first-order valence-corrected chi connectivity index (χ1v) is 4.51. The number of benzene rings is 1. The molecule has 14 heavy (non-hydrogen) atoms. The van der Waals surface area contributed by atoms with Crippen LogP contribution in [0.2, 0.25) is 0 Å². The van der Waals surface area contributed by atoms with Crippen LogP contribution in [0.5, 0.6) is 0 Å². The molecule has 0 heterocycles. The van der Waals surface area contributed by atoms with Crippen LogP contribution < -0.4 is 0 Å². The topological polar surface area (TPSA) is 46.5 Å². The van der Waals surface area contributed by atoms with Gasteiger partial charge in [0, 0.05) is 0 Å². The molecular weight excluding hydrogens is 180 g/mol. The van der Waals surface area contributed by atoms with Crippen molar-refractivity contribution in [1.82, 2.24) is 0 Å². The van der Waals surface area contributed by atoms with E-state index < -0.39 is 6.29 Å². The molecule has 0 saturated carbocycles. The minimum absolute atomic E-state index is 0.0484. The minimum Gasteiger partial charge on any atom is -0.368 e. The van der Waals surface area contributed by atoms with Crippen molar-refractivity contribution >= 4 is 5.78 Å². The fourth-order valence-electron chi connectivity index (χ4n) is 1.07. The van der Waals surface area contributed by atoms with Crippen molar-refractivity contribution in [2.45, 2.75) is 26.2 Å². The summed E-state index contributed by atoms with van der Waals surface area (Å²) in [6.45, 7) is 1.75. The molecule has 1 N–H and O–H groups in total. The molecule has 0 aliphatic heterocycles. The van der Waals surface area contributed by atoms with Gasteiger partial charge in [0.15, 0.2) is 6.29 Å². The van der Waals surface area contributed by atoms with Crippen molar-refractivity contribution in [3.05, 3.63) is 35.9 Å². The quantitative estimate of drug-likeness (QED) is 0.722. The Kier molecular flexibility index (Phi) is 4.29. The lowest BCUT2D eigenvalue weighted by Crippen LogP contribution is -2.15. The van der Waals surface area contributed by atoms with E-state index >= 15 is 0 Å². The lowest BCUT2D eigenvalue weighted by atomic mass is 10.2. The average Bonchev–Trinajstić information content (AvgIpc) is 2.15. The van der Waals surface area contributed by atoms with Gasteiger partial charge in [-0.2, -0.15) is 0 Å². The van der Waals surface area contributed by atoms with Crippen LogP contribution in [0.1, 0.15) is 18.9 Å². The number of aliphatic hydroxyl groups is 1. The van der Waals surface area contributed by atoms with E-state index in [0.29, 0.717) is 6.61 Å². The number of hydrogen-bond donors (Lipinski definition) is 1. The maximum atomic E-state index is 10.6. The molecule has 1 aromatic carbocycles. The summed E-state index contributed by atoms with van der Waals surface area (Å²) < 4.78 is 5.07. The normalized spacial score (nSPS) is 12.4. The van der Waals surface area contributed by atoms with Crippen molar-refractivity contribution < 1.29 is 14.6 Å². The first-order valence-electron chi connectivity index (χ1n) is 4.51. The first kappa shape index (κ1) is 10.9. The molecule has 1 aromatic rings. The predicted octanol–water partition coefficient (Wildman–Crippen LogP) is 1.50. The molecule has 1 rings (SSSR count). The van der Waals surface area contributed by atoms with Crippen LogP contribution in [0.25, 0.3) is 0 Å². The molecule has 0 radical (unpaired) electrons. The Hall–Kier alpha value is -1.19. The van der Waals surface area contributed by atoms with Crippen LogP contribution in [0.4, 0.5) is 0 Å². The van der Waals surface area contributed by atoms with Gasteiger partial charge in [0.05, 0.1) is 13.0 Å². The highest BCUT2D eigenvalue weighted by Gasteiger charge is 2.06. The van der Waals surface area contributed by atoms with Gasteiger partial charge in [-0.25, -0.2) is 0 Å². The minimum atomic E-state index is -0.993. The third-order valence-electron chi connectivity index (χ3n) is 1.75. The molecule has 1 unspecified atom stereocenters. The molecule has 0 spiro atoms. The maximum Gasteiger partial charge on any atom is 0.161 e. The summed E-state index contributed by atoms with van der Waals surface area (Å²) >= 11 is 0. The Bertz CT molecular complexity index is 282. The highest BCUT2D eigenvalue weighted by atomic mass is 16.6. The second-order valence-electron chi connectivity index (χ2n) is 3.16. The van der Waals surface area contributed by atoms with Gasteiger partial charge < -0.3 is 9.84 Å². The van der Waals surface area contributed by atoms with E-state index in [9.17, 15) is 9.90 Å². The molecule has 0 fully saturated rings. The van der Waals surface area contributed by atoms with Gasteiger partial charge >= 0.3 is 0 Å². The van der Waals surface area contributed by atoms with E-state index in [1.54, 1.807) is 0 Å². The number of rotatable bonds is 5. The van der Waals surface area contributed by atoms with Gasteiger partial charge in [-0.15, -0.1) is 0 Å². The summed E-state index contributed by atoms with van der Waals surface area (Å²) in [6.07, 6.45) is -0.944. The zero-order valence-corrected chi connectivity index (χ0v) is 8.14. The molecule has 3 heteroatoms. The Balaban J connectivity index is 2.30. The van der Waals surface area contributed by atoms with E-state index in [0.717, 1.165) is 5.56 Å². The standard InChI is InChI=1S/C11H14O3/c1-9(12)7-11(13)14-8-10-5-3-2-4-6-10/h2-6,11,13H,7-8H2,1H3. The molecule has 0 bridgehead atoms. The Labute approximate surface area is 83.3 Å². The van der Waals surface area contributed by atoms with Gasteiger partial charge in [-0.1, -0.05) is 30.3 Å². The molecular formula is C11H14O3. The molecule has 0 saturated heterocycles. The summed E-state index contributed by atoms with van der Waals surface area (Å²) in [5.74, 6) is -0.0782. The van der Waals surface area contributed by atoms with Gasteiger partial charge in [0.2, 0.25) is 0 Å². The molecule has 0 aliphatic rings. The van der Waals surface area contributed by atoms with Crippen molar-refractivity contribution in [1.29, 1.82) is 0 Å². The summed E-state index contributed by atoms with van der Waals surface area (Å²) in [5.41, 5.74) is 0.982. The van der Waals surface area contributed by atoms with Gasteiger partial charge in [-0.05, 0) is 12.5 Å².